The second kappa shape index (κ2) is 4.88. The number of benzene rings is 1. The van der Waals surface area contributed by atoms with Gasteiger partial charge in [-0.1, -0.05) is 24.6 Å². The van der Waals surface area contributed by atoms with Crippen molar-refractivity contribution < 1.29 is 9.90 Å². The van der Waals surface area contributed by atoms with Crippen LogP contribution in [0, 0.1) is 25.2 Å². The van der Waals surface area contributed by atoms with Crippen molar-refractivity contribution in [3.05, 3.63) is 34.9 Å². The lowest BCUT2D eigenvalue weighted by atomic mass is 9.81. The van der Waals surface area contributed by atoms with Gasteiger partial charge in [0.25, 0.3) is 0 Å². The summed E-state index contributed by atoms with van der Waals surface area (Å²) in [4.78, 5) is 14.1. The molecule has 0 bridgehead atoms. The highest BCUT2D eigenvalue weighted by molar-refractivity contribution is 5.76. The van der Waals surface area contributed by atoms with E-state index in [2.05, 4.69) is 36.9 Å². The lowest BCUT2D eigenvalue weighted by Gasteiger charge is -2.24. The van der Waals surface area contributed by atoms with Crippen LogP contribution in [0.4, 0.5) is 0 Å². The number of aryl methyl sites for hydroxylation is 2. The summed E-state index contributed by atoms with van der Waals surface area (Å²) in [7, 11) is 0. The van der Waals surface area contributed by atoms with Gasteiger partial charge in [0, 0.05) is 19.6 Å². The number of nitrogens with zero attached hydrogens (tertiary/aromatic N) is 1. The topological polar surface area (TPSA) is 40.5 Å². The zero-order valence-corrected chi connectivity index (χ0v) is 12.4. The van der Waals surface area contributed by atoms with Crippen LogP contribution in [0.15, 0.2) is 18.2 Å². The molecule has 1 aliphatic heterocycles. The van der Waals surface area contributed by atoms with Gasteiger partial charge in [-0.2, -0.15) is 0 Å². The molecule has 2 atom stereocenters. The Morgan fingerprint density at radius 1 is 1.40 bits per heavy atom. The number of rotatable bonds is 3. The standard InChI is InChI=1S/C17H23NO2/c1-12-5-3-6-13(2)15(12)10-18-9-14-7-4-8-17(14,11-18)16(19)20/h3,5-6,14H,4,7-11H2,1-2H3,(H,19,20)/t14-,17+/m0/s1. The lowest BCUT2D eigenvalue weighted by molar-refractivity contribution is -0.149. The number of hydrogen-bond donors (Lipinski definition) is 1. The molecule has 1 saturated carbocycles. The van der Waals surface area contributed by atoms with E-state index in [0.717, 1.165) is 38.9 Å². The van der Waals surface area contributed by atoms with Gasteiger partial charge in [-0.3, -0.25) is 9.69 Å². The van der Waals surface area contributed by atoms with E-state index in [1.54, 1.807) is 0 Å². The van der Waals surface area contributed by atoms with Crippen molar-refractivity contribution in [2.45, 2.75) is 39.7 Å². The van der Waals surface area contributed by atoms with Crippen LogP contribution in [0.25, 0.3) is 0 Å². The highest BCUT2D eigenvalue weighted by Gasteiger charge is 2.54. The first-order chi connectivity index (χ1) is 9.53. The van der Waals surface area contributed by atoms with Crippen LogP contribution >= 0.6 is 0 Å². The Morgan fingerprint density at radius 3 is 2.70 bits per heavy atom. The molecule has 3 nitrogen and oxygen atoms in total. The summed E-state index contributed by atoms with van der Waals surface area (Å²) in [5.74, 6) is -0.228. The van der Waals surface area contributed by atoms with Crippen molar-refractivity contribution in [3.8, 4) is 0 Å². The average Bonchev–Trinajstić information content (AvgIpc) is 2.91. The Labute approximate surface area is 120 Å². The molecule has 0 spiro atoms. The number of hydrogen-bond acceptors (Lipinski definition) is 2. The van der Waals surface area contributed by atoms with Crippen LogP contribution in [0.5, 0.6) is 0 Å². The van der Waals surface area contributed by atoms with Gasteiger partial charge in [0.15, 0.2) is 0 Å². The maximum atomic E-state index is 11.7. The number of fused-ring (bicyclic) bond motifs is 1. The van der Waals surface area contributed by atoms with Crippen LogP contribution < -0.4 is 0 Å². The summed E-state index contributed by atoms with van der Waals surface area (Å²) in [6.45, 7) is 6.85. The minimum absolute atomic E-state index is 0.351. The zero-order valence-electron chi connectivity index (χ0n) is 12.4. The highest BCUT2D eigenvalue weighted by Crippen LogP contribution is 2.49. The molecule has 1 aliphatic carbocycles. The van der Waals surface area contributed by atoms with Crippen molar-refractivity contribution in [1.29, 1.82) is 0 Å². The molecule has 3 rings (SSSR count). The number of carboxylic acids is 1. The Kier molecular flexibility index (Phi) is 3.33. The number of carboxylic acid groups (broad SMARTS) is 1. The van der Waals surface area contributed by atoms with E-state index < -0.39 is 11.4 Å². The van der Waals surface area contributed by atoms with Crippen LogP contribution in [0.2, 0.25) is 0 Å². The fourth-order valence-corrected chi connectivity index (χ4v) is 4.19. The van der Waals surface area contributed by atoms with E-state index >= 15 is 0 Å². The molecule has 1 saturated heterocycles. The van der Waals surface area contributed by atoms with Gasteiger partial charge >= 0.3 is 5.97 Å². The Morgan fingerprint density at radius 2 is 2.10 bits per heavy atom. The zero-order chi connectivity index (χ0) is 14.3. The third-order valence-corrected chi connectivity index (χ3v) is 5.39. The predicted molar refractivity (Wildman–Crippen MR) is 78.6 cm³/mol. The van der Waals surface area contributed by atoms with E-state index in [4.69, 9.17) is 0 Å². The minimum Gasteiger partial charge on any atom is -0.481 e. The molecular weight excluding hydrogens is 250 g/mol. The molecule has 20 heavy (non-hydrogen) atoms. The minimum atomic E-state index is -0.580. The van der Waals surface area contributed by atoms with E-state index in [1.807, 2.05) is 0 Å². The van der Waals surface area contributed by atoms with E-state index in [0.29, 0.717) is 5.92 Å². The van der Waals surface area contributed by atoms with Crippen molar-refractivity contribution >= 4 is 5.97 Å². The Hall–Kier alpha value is -1.35. The molecular formula is C17H23NO2. The SMILES string of the molecule is Cc1cccc(C)c1CN1C[C@@H]2CCC[C@@]2(C(=O)O)C1. The number of aliphatic carboxylic acids is 1. The van der Waals surface area contributed by atoms with Gasteiger partial charge in [0.05, 0.1) is 5.41 Å². The monoisotopic (exact) mass is 273 g/mol. The molecule has 3 heteroatoms. The summed E-state index contributed by atoms with van der Waals surface area (Å²) in [6.07, 6.45) is 3.01. The third kappa shape index (κ3) is 2.05. The molecule has 0 aromatic heterocycles. The van der Waals surface area contributed by atoms with Gasteiger partial charge in [-0.05, 0) is 49.3 Å². The van der Waals surface area contributed by atoms with E-state index in [9.17, 15) is 9.90 Å². The maximum absolute atomic E-state index is 11.7. The van der Waals surface area contributed by atoms with Crippen molar-refractivity contribution in [3.63, 3.8) is 0 Å². The largest absolute Gasteiger partial charge is 0.481 e. The van der Waals surface area contributed by atoms with E-state index in [-0.39, 0.29) is 0 Å². The van der Waals surface area contributed by atoms with Crippen molar-refractivity contribution in [1.82, 2.24) is 4.90 Å². The molecule has 2 fully saturated rings. The Balaban J connectivity index is 1.80. The fourth-order valence-electron chi connectivity index (χ4n) is 4.19. The quantitative estimate of drug-likeness (QED) is 0.920. The molecule has 1 aromatic rings. The first-order valence-electron chi connectivity index (χ1n) is 7.54. The molecule has 1 N–H and O–H groups in total. The van der Waals surface area contributed by atoms with Gasteiger partial charge in [-0.15, -0.1) is 0 Å². The third-order valence-electron chi connectivity index (χ3n) is 5.39. The first-order valence-corrected chi connectivity index (χ1v) is 7.54. The van der Waals surface area contributed by atoms with Crippen molar-refractivity contribution in [2.24, 2.45) is 11.3 Å². The summed E-state index contributed by atoms with van der Waals surface area (Å²) in [5.41, 5.74) is 3.53. The van der Waals surface area contributed by atoms with Crippen LogP contribution in [-0.2, 0) is 11.3 Å². The maximum Gasteiger partial charge on any atom is 0.311 e. The fraction of sp³-hybridized carbons (Fsp3) is 0.588. The molecule has 108 valence electrons. The summed E-state index contributed by atoms with van der Waals surface area (Å²) in [5, 5.41) is 9.64. The predicted octanol–water partition coefficient (Wildman–Crippen LogP) is 2.99. The normalized spacial score (nSPS) is 29.6. The number of likely N-dealkylation sites (tertiary alicyclic amines) is 1. The average molecular weight is 273 g/mol. The van der Waals surface area contributed by atoms with Gasteiger partial charge < -0.3 is 5.11 Å². The Bertz CT molecular complexity index is 520. The van der Waals surface area contributed by atoms with Gasteiger partial charge in [0.1, 0.15) is 0 Å². The smallest absolute Gasteiger partial charge is 0.311 e. The molecule has 2 aliphatic rings. The second-order valence-electron chi connectivity index (χ2n) is 6.59. The first kappa shape index (κ1) is 13.6. The molecule has 0 unspecified atom stereocenters. The molecule has 1 heterocycles. The summed E-state index contributed by atoms with van der Waals surface area (Å²) >= 11 is 0. The second-order valence-corrected chi connectivity index (χ2v) is 6.59. The lowest BCUT2D eigenvalue weighted by Crippen LogP contribution is -2.35. The number of carbonyl (C=O) groups is 1. The van der Waals surface area contributed by atoms with Crippen LogP contribution in [0.1, 0.15) is 36.0 Å². The highest BCUT2D eigenvalue weighted by atomic mass is 16.4. The van der Waals surface area contributed by atoms with Crippen LogP contribution in [0.3, 0.4) is 0 Å². The van der Waals surface area contributed by atoms with Crippen molar-refractivity contribution in [2.75, 3.05) is 13.1 Å². The van der Waals surface area contributed by atoms with E-state index in [1.165, 1.54) is 16.7 Å². The summed E-state index contributed by atoms with van der Waals surface area (Å²) < 4.78 is 0. The molecule has 1 aromatic carbocycles. The van der Waals surface area contributed by atoms with Gasteiger partial charge in [0.2, 0.25) is 0 Å². The molecule has 0 radical (unpaired) electrons. The van der Waals surface area contributed by atoms with Crippen LogP contribution in [-0.4, -0.2) is 29.1 Å². The summed E-state index contributed by atoms with van der Waals surface area (Å²) in [6, 6.07) is 6.38. The molecule has 0 amide bonds. The van der Waals surface area contributed by atoms with Gasteiger partial charge in [-0.25, -0.2) is 0 Å².